The van der Waals surface area contributed by atoms with Gasteiger partial charge in [0, 0.05) is 80.3 Å². The zero-order chi connectivity index (χ0) is 97.5. The molecule has 12 atom stereocenters. The number of methoxy groups -OCH3 is 1. The van der Waals surface area contributed by atoms with E-state index in [1.807, 2.05) is 146 Å². The molecule has 0 amide bonds. The number of rotatable bonds is 21. The van der Waals surface area contributed by atoms with Gasteiger partial charge in [0.2, 0.25) is 60.1 Å². The number of carbonyl (C=O) groups is 3. The first-order valence-corrected chi connectivity index (χ1v) is 54.8. The number of carbonyl (C=O) groups excluding carboxylic acids is 3. The third-order valence-corrected chi connectivity index (χ3v) is 39.4. The normalized spacial score (nSPS) is 22.9. The number of ketones is 3. The maximum atomic E-state index is 15.3. The molecule has 0 spiro atoms. The Balaban J connectivity index is 0.000000149. The summed E-state index contributed by atoms with van der Waals surface area (Å²) in [6.07, 6.45) is 1.55. The van der Waals surface area contributed by atoms with E-state index in [4.69, 9.17) is 4.74 Å². The van der Waals surface area contributed by atoms with Gasteiger partial charge in [-0.2, -0.15) is 25.8 Å². The average Bonchev–Trinajstić information content (AvgIpc) is 0.729. The van der Waals surface area contributed by atoms with E-state index in [0.29, 0.717) is 16.9 Å². The van der Waals surface area contributed by atoms with Crippen LogP contribution in [0.5, 0.6) is 5.75 Å². The van der Waals surface area contributed by atoms with Crippen LogP contribution < -0.4 is 4.74 Å². The number of hydrogen-bond acceptors (Lipinski definition) is 16. The molecule has 0 bridgehead atoms. The molecule has 0 aliphatic carbocycles. The minimum absolute atomic E-state index is 0.0145. The molecule has 6 saturated heterocycles. The van der Waals surface area contributed by atoms with Gasteiger partial charge >= 0.3 is 0 Å². The number of piperidine rings is 6. The minimum Gasteiger partial charge on any atom is -0.497 e. The number of nitrogens with zero attached hydrogens (tertiary/aromatic N) is 6. The summed E-state index contributed by atoms with van der Waals surface area (Å²) in [5.41, 5.74) is 12.5. The van der Waals surface area contributed by atoms with E-state index in [0.717, 1.165) is 79.6 Å². The molecule has 0 N–H and O–H groups in total. The van der Waals surface area contributed by atoms with E-state index in [1.54, 1.807) is 177 Å². The standard InChI is InChI=1S/C38H42N2O5S2.C35H35FN2O5S2.C35H36N2O6S2/c1-5-28-11-15-30(16-12-28)35-23-37-34(25-39(35)46(42,43)32-19-7-26(3)8-20-32)38(41)24-36(31-17-13-29(6-2)14-18-31)40(37)47(44,45)33-21-9-27(4)10-22-33;1-23-8-14-26(15-9-23)32-20-33-30(22-37(32)44(40,41)27-16-10-24(2)11-17-27)35(39)21-34(29-6-4-5-7-31(29)36)38(33)45(42,43)28-18-12-25(3)13-19-28;1-24-9-13-26(14-10-24)32-21-34-31(23-36(32)44(39,40)30-19-11-25(2)12-20-30)35(38)22-33(27-15-17-28(43-3)18-16-27)37(34)45(41,42)29-7-5-4-6-8-29/h7-22,34-37H,5-6,23-25H2,1-4H3;4-19,30,32-34H,20-22H2,1-3H3;4-20,31-34H,21-23H2,1-3H3/t34-,35+,36+,37+;30-,32+,33+,34+;31-,32+,33+,34+/m111/s1. The predicted molar refractivity (Wildman–Crippen MR) is 525 cm³/mol. The summed E-state index contributed by atoms with van der Waals surface area (Å²) in [6.45, 7) is 17.0. The van der Waals surface area contributed by atoms with Gasteiger partial charge in [-0.3, -0.25) is 14.4 Å². The van der Waals surface area contributed by atoms with Crippen LogP contribution in [-0.2, 0) is 87.4 Å². The Morgan fingerprint density at radius 2 is 0.511 bits per heavy atom. The lowest BCUT2D eigenvalue weighted by molar-refractivity contribution is -0.133. The topological polar surface area (TPSA) is 285 Å². The van der Waals surface area contributed by atoms with Crippen molar-refractivity contribution in [2.45, 2.75) is 197 Å². The first-order chi connectivity index (χ1) is 65.3. The summed E-state index contributed by atoms with van der Waals surface area (Å²) in [5, 5.41) is 0. The number of hydrogen-bond donors (Lipinski definition) is 0. The number of aryl methyl sites for hydroxylation is 9. The molecule has 22 nitrogen and oxygen atoms in total. The van der Waals surface area contributed by atoms with Crippen LogP contribution in [0.3, 0.4) is 0 Å². The molecule has 6 aliphatic rings. The van der Waals surface area contributed by atoms with E-state index in [1.165, 1.54) is 56.2 Å². The molecule has 6 fully saturated rings. The average molecular weight is 1960 g/mol. The van der Waals surface area contributed by atoms with E-state index in [9.17, 15) is 64.9 Å². The lowest BCUT2D eigenvalue weighted by Crippen LogP contribution is -2.61. The van der Waals surface area contributed by atoms with Crippen molar-refractivity contribution in [2.24, 2.45) is 17.8 Å². The molecular formula is C108H113FN6O16S6. The number of benzene rings is 12. The molecule has 0 unspecified atom stereocenters. The van der Waals surface area contributed by atoms with Crippen LogP contribution in [0, 0.1) is 72.0 Å². The molecular weight excluding hydrogens is 1850 g/mol. The molecule has 18 rings (SSSR count). The van der Waals surface area contributed by atoms with E-state index in [2.05, 4.69) is 13.8 Å². The Kier molecular flexibility index (Phi) is 29.1. The third-order valence-electron chi connectivity index (χ3n) is 27.9. The molecule has 12 aromatic carbocycles. The van der Waals surface area contributed by atoms with Crippen LogP contribution in [0.4, 0.5) is 4.39 Å². The zero-order valence-electron chi connectivity index (χ0n) is 78.0. The van der Waals surface area contributed by atoms with Gasteiger partial charge in [-0.1, -0.05) is 259 Å². The zero-order valence-corrected chi connectivity index (χ0v) is 82.9. The van der Waals surface area contributed by atoms with Crippen LogP contribution in [-0.4, -0.2) is 139 Å². The lowest BCUT2D eigenvalue weighted by Gasteiger charge is -2.51. The van der Waals surface area contributed by atoms with Crippen LogP contribution in [0.15, 0.2) is 327 Å². The fourth-order valence-corrected chi connectivity index (χ4v) is 30.7. The third kappa shape index (κ3) is 20.1. The molecule has 12 aromatic rings. The summed E-state index contributed by atoms with van der Waals surface area (Å²) >= 11 is 0. The van der Waals surface area contributed by atoms with Gasteiger partial charge in [0.1, 0.15) is 28.9 Å². The number of ether oxygens (including phenoxy) is 1. The predicted octanol–water partition coefficient (Wildman–Crippen LogP) is 19.1. The smallest absolute Gasteiger partial charge is 0.243 e. The Bertz CT molecular complexity index is 7170. The van der Waals surface area contributed by atoms with E-state index < -0.39 is 138 Å². The fourth-order valence-electron chi connectivity index (χ4n) is 20.2. The highest BCUT2D eigenvalue weighted by Crippen LogP contribution is 2.54. The van der Waals surface area contributed by atoms with Crippen LogP contribution in [0.1, 0.15) is 172 Å². The first-order valence-electron chi connectivity index (χ1n) is 46.1. The van der Waals surface area contributed by atoms with Gasteiger partial charge in [-0.05, 0) is 211 Å². The van der Waals surface area contributed by atoms with Crippen molar-refractivity contribution in [1.82, 2.24) is 25.8 Å². The highest BCUT2D eigenvalue weighted by atomic mass is 32.2. The van der Waals surface area contributed by atoms with Gasteiger partial charge in [0.25, 0.3) is 0 Å². The Morgan fingerprint density at radius 3 is 0.796 bits per heavy atom. The maximum absolute atomic E-state index is 15.3. The second kappa shape index (κ2) is 40.3. The molecule has 6 aliphatic heterocycles. The largest absolute Gasteiger partial charge is 0.497 e. The van der Waals surface area contributed by atoms with Crippen molar-refractivity contribution >= 4 is 77.5 Å². The number of halogens is 1. The van der Waals surface area contributed by atoms with Gasteiger partial charge in [-0.15, -0.1) is 0 Å². The monoisotopic (exact) mass is 1960 g/mol. The first kappa shape index (κ1) is 98.9. The van der Waals surface area contributed by atoms with Crippen molar-refractivity contribution in [3.63, 3.8) is 0 Å². The minimum atomic E-state index is -4.26. The molecule has 29 heteroatoms. The van der Waals surface area contributed by atoms with Crippen molar-refractivity contribution in [1.29, 1.82) is 0 Å². The van der Waals surface area contributed by atoms with Crippen LogP contribution in [0.2, 0.25) is 0 Å². The summed E-state index contributed by atoms with van der Waals surface area (Å²) in [5.74, 6) is -3.19. The molecule has 137 heavy (non-hydrogen) atoms. The van der Waals surface area contributed by atoms with Crippen molar-refractivity contribution < 1.29 is 74.0 Å². The molecule has 6 heterocycles. The van der Waals surface area contributed by atoms with Gasteiger partial charge in [0.15, 0.2) is 0 Å². The lowest BCUT2D eigenvalue weighted by atomic mass is 9.77. The molecule has 0 radical (unpaired) electrons. The van der Waals surface area contributed by atoms with Gasteiger partial charge in [0.05, 0.1) is 72.7 Å². The van der Waals surface area contributed by atoms with Gasteiger partial charge in [-0.25, -0.2) is 54.9 Å². The molecule has 0 aromatic heterocycles. The number of sulfonamides is 6. The number of Topliss-reactive ketones (excluding diaryl/α,β-unsaturated/α-hetero) is 3. The Morgan fingerprint density at radius 1 is 0.277 bits per heavy atom. The highest BCUT2D eigenvalue weighted by Gasteiger charge is 2.59. The van der Waals surface area contributed by atoms with Gasteiger partial charge < -0.3 is 4.74 Å². The second-order valence-corrected chi connectivity index (χ2v) is 47.9. The Hall–Kier alpha value is -11.2. The summed E-state index contributed by atoms with van der Waals surface area (Å²) < 4.78 is 202. The Labute approximate surface area is 805 Å². The summed E-state index contributed by atoms with van der Waals surface area (Å²) in [7, 11) is -23.1. The van der Waals surface area contributed by atoms with Crippen LogP contribution >= 0.6 is 0 Å². The van der Waals surface area contributed by atoms with Crippen LogP contribution in [0.25, 0.3) is 0 Å². The quantitative estimate of drug-likeness (QED) is 0.0646. The SMILES string of the molecule is CCc1ccc([C@@H]2C[C@H]3[C@@H](CN2S(=O)(=O)c2ccc(C)cc2)C(=O)C[C@@H](c2ccc(CC)cc2)N3S(=O)(=O)c2ccc(C)cc2)cc1.COc1ccc([C@@H]2CC(=O)[C@@H]3CN(S(=O)(=O)c4ccc(C)cc4)[C@H](c4ccc(C)cc4)C[C@@H]3N2S(=O)(=O)c2ccccc2)cc1.Cc1ccc([C@@H]2C[C@H]3[C@@H](CN2S(=O)(=O)c2ccc(C)cc2)C(=O)C[C@@H](c2ccccc2F)N3S(=O)(=O)c2ccc(C)cc2)cc1. The fraction of sp³-hybridized carbons (Fsp3) is 0.306. The highest BCUT2D eigenvalue weighted by molar-refractivity contribution is 7.90. The van der Waals surface area contributed by atoms with Crippen molar-refractivity contribution in [3.05, 3.63) is 387 Å². The summed E-state index contributed by atoms with van der Waals surface area (Å²) in [6, 6.07) is 77.9. The van der Waals surface area contributed by atoms with E-state index in [-0.39, 0.29) is 110 Å². The maximum Gasteiger partial charge on any atom is 0.243 e. The second-order valence-electron chi connectivity index (χ2n) is 36.7. The van der Waals surface area contributed by atoms with Crippen molar-refractivity contribution in [2.75, 3.05) is 26.7 Å². The molecule has 714 valence electrons. The van der Waals surface area contributed by atoms with E-state index >= 15 is 4.39 Å². The summed E-state index contributed by atoms with van der Waals surface area (Å²) in [4.78, 5) is 42.8. The molecule has 0 saturated carbocycles. The number of fused-ring (bicyclic) bond motifs is 3. The van der Waals surface area contributed by atoms with Crippen molar-refractivity contribution in [3.8, 4) is 5.75 Å².